The van der Waals surface area contributed by atoms with Crippen LogP contribution in [0.25, 0.3) is 0 Å². The quantitative estimate of drug-likeness (QED) is 0.870. The molecule has 2 amide bonds. The largest absolute Gasteiger partial charge is 0.481 e. The summed E-state index contributed by atoms with van der Waals surface area (Å²) in [6.45, 7) is 3.54. The van der Waals surface area contributed by atoms with E-state index in [1.54, 1.807) is 45.2 Å². The average molecular weight is 289 g/mol. The summed E-state index contributed by atoms with van der Waals surface area (Å²) in [7, 11) is 1.60. The first kappa shape index (κ1) is 16.5. The second-order valence-electron chi connectivity index (χ2n) is 5.43. The first-order valence-electron chi connectivity index (χ1n) is 6.53. The Balaban J connectivity index is 2.74. The summed E-state index contributed by atoms with van der Waals surface area (Å²) in [4.78, 5) is 24.2. The van der Waals surface area contributed by atoms with Gasteiger partial charge >= 0.3 is 12.0 Å². The van der Waals surface area contributed by atoms with Crippen molar-refractivity contribution in [2.45, 2.75) is 32.2 Å². The van der Waals surface area contributed by atoms with E-state index in [0.717, 1.165) is 0 Å². The Morgan fingerprint density at radius 1 is 1.43 bits per heavy atom. The molecule has 1 rings (SSSR count). The fraction of sp³-hybridized carbons (Fsp3) is 0.400. The predicted octanol–water partition coefficient (Wildman–Crippen LogP) is 2.35. The lowest BCUT2D eigenvalue weighted by molar-refractivity contribution is -0.137. The minimum absolute atomic E-state index is 0.0130. The van der Waals surface area contributed by atoms with Gasteiger partial charge in [-0.1, -0.05) is 6.07 Å². The zero-order valence-electron chi connectivity index (χ0n) is 12.4. The van der Waals surface area contributed by atoms with Gasteiger partial charge in [-0.3, -0.25) is 9.69 Å². The molecule has 0 aliphatic heterocycles. The molecule has 0 radical (unpaired) electrons. The van der Waals surface area contributed by atoms with Gasteiger partial charge in [0.2, 0.25) is 0 Å². The van der Waals surface area contributed by atoms with Gasteiger partial charge in [-0.05, 0) is 38.5 Å². The maximum atomic E-state index is 12.2. The molecule has 0 aliphatic carbocycles. The van der Waals surface area contributed by atoms with Gasteiger partial charge in [0, 0.05) is 24.7 Å². The number of carboxylic acids is 1. The SMILES string of the molecule is CN(C(=O)NC(C)(C)CCC(=O)O)c1cccc(C#N)c1. The fourth-order valence-corrected chi connectivity index (χ4v) is 1.76. The Hall–Kier alpha value is -2.55. The topological polar surface area (TPSA) is 93.4 Å². The molecule has 0 unspecified atom stereocenters. The number of nitrogens with one attached hydrogen (secondary N) is 1. The first-order valence-corrected chi connectivity index (χ1v) is 6.53. The van der Waals surface area contributed by atoms with Crippen LogP contribution < -0.4 is 10.2 Å². The van der Waals surface area contributed by atoms with Crippen molar-refractivity contribution in [1.29, 1.82) is 5.26 Å². The van der Waals surface area contributed by atoms with Crippen molar-refractivity contribution in [2.24, 2.45) is 0 Å². The van der Waals surface area contributed by atoms with Gasteiger partial charge in [0.1, 0.15) is 0 Å². The minimum Gasteiger partial charge on any atom is -0.481 e. The van der Waals surface area contributed by atoms with Crippen LogP contribution in [0.3, 0.4) is 0 Å². The number of nitrogens with zero attached hydrogens (tertiary/aromatic N) is 2. The van der Waals surface area contributed by atoms with Crippen molar-refractivity contribution >= 4 is 17.7 Å². The maximum absolute atomic E-state index is 12.2. The number of rotatable bonds is 5. The lowest BCUT2D eigenvalue weighted by Gasteiger charge is -2.29. The van der Waals surface area contributed by atoms with Gasteiger partial charge in [0.15, 0.2) is 0 Å². The van der Waals surface area contributed by atoms with E-state index in [-0.39, 0.29) is 12.5 Å². The molecular formula is C15H19N3O3. The molecule has 1 aromatic carbocycles. The monoisotopic (exact) mass is 289 g/mol. The second-order valence-corrected chi connectivity index (χ2v) is 5.43. The number of urea groups is 1. The van der Waals surface area contributed by atoms with Crippen LogP contribution in [-0.4, -0.2) is 29.7 Å². The van der Waals surface area contributed by atoms with Crippen molar-refractivity contribution in [3.63, 3.8) is 0 Å². The molecule has 0 saturated carbocycles. The smallest absolute Gasteiger partial charge is 0.322 e. The predicted molar refractivity (Wildman–Crippen MR) is 79.0 cm³/mol. The summed E-state index contributed by atoms with van der Waals surface area (Å²) in [5, 5.41) is 20.4. The third-order valence-corrected chi connectivity index (χ3v) is 3.08. The van der Waals surface area contributed by atoms with Gasteiger partial charge in [0.05, 0.1) is 11.6 Å². The van der Waals surface area contributed by atoms with Crippen LogP contribution in [0.5, 0.6) is 0 Å². The Bertz CT molecular complexity index is 576. The molecule has 6 heteroatoms. The number of carbonyl (C=O) groups excluding carboxylic acids is 1. The maximum Gasteiger partial charge on any atom is 0.322 e. The minimum atomic E-state index is -0.896. The van der Waals surface area contributed by atoms with E-state index in [2.05, 4.69) is 5.32 Å². The number of benzene rings is 1. The van der Waals surface area contributed by atoms with E-state index in [1.165, 1.54) is 4.90 Å². The summed E-state index contributed by atoms with van der Waals surface area (Å²) >= 11 is 0. The van der Waals surface area contributed by atoms with Crippen molar-refractivity contribution in [3.05, 3.63) is 29.8 Å². The van der Waals surface area contributed by atoms with Gasteiger partial charge < -0.3 is 10.4 Å². The number of anilines is 1. The highest BCUT2D eigenvalue weighted by Gasteiger charge is 2.23. The van der Waals surface area contributed by atoms with Crippen LogP contribution in [0.15, 0.2) is 24.3 Å². The zero-order valence-corrected chi connectivity index (χ0v) is 12.4. The Morgan fingerprint density at radius 2 is 2.10 bits per heavy atom. The van der Waals surface area contributed by atoms with Crippen LogP contribution in [0, 0.1) is 11.3 Å². The van der Waals surface area contributed by atoms with Crippen LogP contribution in [0.1, 0.15) is 32.3 Å². The lowest BCUT2D eigenvalue weighted by Crippen LogP contribution is -2.49. The molecule has 0 heterocycles. The van der Waals surface area contributed by atoms with Gasteiger partial charge in [-0.2, -0.15) is 5.26 Å². The summed E-state index contributed by atoms with van der Waals surface area (Å²) in [6.07, 6.45) is 0.320. The lowest BCUT2D eigenvalue weighted by atomic mass is 9.99. The molecule has 0 spiro atoms. The number of aliphatic carboxylic acids is 1. The summed E-state index contributed by atoms with van der Waals surface area (Å²) in [6, 6.07) is 8.37. The highest BCUT2D eigenvalue weighted by atomic mass is 16.4. The van der Waals surface area contributed by atoms with Crippen molar-refractivity contribution in [1.82, 2.24) is 5.32 Å². The molecule has 112 valence electrons. The number of amides is 2. The van der Waals surface area contributed by atoms with E-state index in [4.69, 9.17) is 10.4 Å². The van der Waals surface area contributed by atoms with E-state index >= 15 is 0 Å². The molecule has 0 aliphatic rings. The first-order chi connectivity index (χ1) is 9.75. The Labute approximate surface area is 124 Å². The number of carboxylic acid groups (broad SMARTS) is 1. The molecule has 6 nitrogen and oxygen atoms in total. The van der Waals surface area contributed by atoms with Gasteiger partial charge in [-0.25, -0.2) is 4.79 Å². The van der Waals surface area contributed by atoms with E-state index in [1.807, 2.05) is 6.07 Å². The summed E-state index contributed by atoms with van der Waals surface area (Å²) in [5.74, 6) is -0.896. The normalized spacial score (nSPS) is 10.6. The number of hydrogen-bond acceptors (Lipinski definition) is 3. The van der Waals surface area contributed by atoms with Crippen molar-refractivity contribution in [3.8, 4) is 6.07 Å². The molecule has 2 N–H and O–H groups in total. The second kappa shape index (κ2) is 6.75. The standard InChI is InChI=1S/C15H19N3O3/c1-15(2,8-7-13(19)20)17-14(21)18(3)12-6-4-5-11(9-12)10-16/h4-6,9H,7-8H2,1-3H3,(H,17,21)(H,19,20). The number of hydrogen-bond donors (Lipinski definition) is 2. The molecule has 0 atom stereocenters. The van der Waals surface area contributed by atoms with Crippen molar-refractivity contribution in [2.75, 3.05) is 11.9 Å². The highest BCUT2D eigenvalue weighted by Crippen LogP contribution is 2.17. The molecule has 0 bridgehead atoms. The molecule has 0 aromatic heterocycles. The number of carbonyl (C=O) groups is 2. The third-order valence-electron chi connectivity index (χ3n) is 3.08. The van der Waals surface area contributed by atoms with Crippen LogP contribution in [-0.2, 0) is 4.79 Å². The van der Waals surface area contributed by atoms with Crippen LogP contribution >= 0.6 is 0 Å². The summed E-state index contributed by atoms with van der Waals surface area (Å²) < 4.78 is 0. The molecule has 0 fully saturated rings. The van der Waals surface area contributed by atoms with Crippen molar-refractivity contribution < 1.29 is 14.7 Å². The molecule has 1 aromatic rings. The molecule has 0 saturated heterocycles. The average Bonchev–Trinajstić information content (AvgIpc) is 2.44. The van der Waals surface area contributed by atoms with E-state index in [9.17, 15) is 9.59 Å². The molecular weight excluding hydrogens is 270 g/mol. The van der Waals surface area contributed by atoms with E-state index in [0.29, 0.717) is 17.7 Å². The Morgan fingerprint density at radius 3 is 2.67 bits per heavy atom. The zero-order chi connectivity index (χ0) is 16.0. The fourth-order valence-electron chi connectivity index (χ4n) is 1.76. The summed E-state index contributed by atoms with van der Waals surface area (Å²) in [5.41, 5.74) is 0.439. The van der Waals surface area contributed by atoms with Crippen LogP contribution in [0.2, 0.25) is 0 Å². The number of nitriles is 1. The van der Waals surface area contributed by atoms with Gasteiger partial charge in [0.25, 0.3) is 0 Å². The molecule has 21 heavy (non-hydrogen) atoms. The third kappa shape index (κ3) is 5.15. The van der Waals surface area contributed by atoms with Gasteiger partial charge in [-0.15, -0.1) is 0 Å². The Kier molecular flexibility index (Phi) is 5.30. The van der Waals surface area contributed by atoms with Crippen LogP contribution in [0.4, 0.5) is 10.5 Å². The van der Waals surface area contributed by atoms with E-state index < -0.39 is 11.5 Å². The highest BCUT2D eigenvalue weighted by molar-refractivity contribution is 5.92.